The maximum atomic E-state index is 8.84. The molecule has 0 radical (unpaired) electrons. The minimum Gasteiger partial charge on any atom is -0.489 e. The number of nitrogens with two attached hydrogens (primary N) is 2. The van der Waals surface area contributed by atoms with Gasteiger partial charge in [-0.2, -0.15) is 0 Å². The number of nitrogens with zero attached hydrogens (tertiary/aromatic N) is 4. The van der Waals surface area contributed by atoms with Crippen LogP contribution in [-0.4, -0.2) is 46.0 Å². The predicted octanol–water partition coefficient (Wildman–Crippen LogP) is 6.30. The summed E-state index contributed by atoms with van der Waals surface area (Å²) in [4.78, 5) is 4.61. The summed E-state index contributed by atoms with van der Waals surface area (Å²) in [6, 6.07) is 40.0. The number of oxime groups is 2. The summed E-state index contributed by atoms with van der Waals surface area (Å²) in [5.41, 5.74) is 19.7. The summed E-state index contributed by atoms with van der Waals surface area (Å²) >= 11 is 0. The van der Waals surface area contributed by atoms with E-state index in [-0.39, 0.29) is 11.7 Å². The smallest absolute Gasteiger partial charge is 0.170 e. The van der Waals surface area contributed by atoms with Crippen LogP contribution in [0.25, 0.3) is 0 Å². The molecule has 5 rings (SSSR count). The van der Waals surface area contributed by atoms with Crippen LogP contribution in [0.2, 0.25) is 0 Å². The molecule has 0 saturated carbocycles. The number of rotatable bonds is 16. The molecule has 6 N–H and O–H groups in total. The average Bonchev–Trinajstić information content (AvgIpc) is 3.14. The second-order valence-corrected chi connectivity index (χ2v) is 12.4. The standard InChI is InChI=1S/C40H44N6O4/c1-45(25-31-5-3-7-33(21-31)27-49-37-17-13-35(14-18-37)39(41)43-47)23-29-9-11-30(12-10-29)24-46(2)26-32-6-4-8-34(22-32)28-50-38-19-15-36(16-20-38)40(42)44-48/h3-22,47-48H,23-28H2,1-2H3,(H2,41,43)(H2,42,44). The monoisotopic (exact) mass is 672 g/mol. The van der Waals surface area contributed by atoms with Crippen molar-refractivity contribution in [1.82, 2.24) is 9.80 Å². The van der Waals surface area contributed by atoms with Crippen LogP contribution in [0.3, 0.4) is 0 Å². The van der Waals surface area contributed by atoms with Crippen LogP contribution in [0, 0.1) is 0 Å². The molecule has 0 aliphatic rings. The van der Waals surface area contributed by atoms with Gasteiger partial charge in [0.15, 0.2) is 11.7 Å². The van der Waals surface area contributed by atoms with Crippen LogP contribution in [0.15, 0.2) is 132 Å². The highest BCUT2D eigenvalue weighted by atomic mass is 16.5. The van der Waals surface area contributed by atoms with E-state index in [1.165, 1.54) is 22.3 Å². The Morgan fingerprint density at radius 3 is 1.20 bits per heavy atom. The van der Waals surface area contributed by atoms with Gasteiger partial charge in [0.2, 0.25) is 0 Å². The van der Waals surface area contributed by atoms with Gasteiger partial charge < -0.3 is 31.4 Å². The third-order valence-electron chi connectivity index (χ3n) is 8.14. The molecule has 0 unspecified atom stereocenters. The van der Waals surface area contributed by atoms with Gasteiger partial charge in [-0.3, -0.25) is 9.80 Å². The SMILES string of the molecule is CN(Cc1ccc(CN(C)Cc2cccc(COc3ccc(/C(N)=N\O)cc3)c2)cc1)Cc1cccc(COc2ccc(C(N)=NO)cc2)c1. The first-order chi connectivity index (χ1) is 24.3. The Morgan fingerprint density at radius 1 is 0.500 bits per heavy atom. The Labute approximate surface area is 293 Å². The minimum absolute atomic E-state index is 0.0676. The second-order valence-electron chi connectivity index (χ2n) is 12.4. The largest absolute Gasteiger partial charge is 0.489 e. The maximum absolute atomic E-state index is 8.84. The van der Waals surface area contributed by atoms with Gasteiger partial charge in [-0.1, -0.05) is 83.1 Å². The van der Waals surface area contributed by atoms with Crippen molar-refractivity contribution >= 4 is 11.7 Å². The molecule has 0 atom stereocenters. The van der Waals surface area contributed by atoms with E-state index >= 15 is 0 Å². The average molecular weight is 673 g/mol. The molecule has 258 valence electrons. The normalized spacial score (nSPS) is 12.0. The van der Waals surface area contributed by atoms with Crippen LogP contribution >= 0.6 is 0 Å². The van der Waals surface area contributed by atoms with Crippen LogP contribution in [0.5, 0.6) is 11.5 Å². The van der Waals surface area contributed by atoms with Crippen molar-refractivity contribution in [2.45, 2.75) is 39.4 Å². The van der Waals surface area contributed by atoms with Gasteiger partial charge >= 0.3 is 0 Å². The van der Waals surface area contributed by atoms with Crippen LogP contribution < -0.4 is 20.9 Å². The first-order valence-electron chi connectivity index (χ1n) is 16.3. The highest BCUT2D eigenvalue weighted by Gasteiger charge is 2.08. The number of hydrogen-bond acceptors (Lipinski definition) is 8. The van der Waals surface area contributed by atoms with Crippen molar-refractivity contribution in [3.8, 4) is 11.5 Å². The molecule has 0 aliphatic carbocycles. The van der Waals surface area contributed by atoms with Gasteiger partial charge in [-0.25, -0.2) is 0 Å². The number of benzene rings is 5. The highest BCUT2D eigenvalue weighted by molar-refractivity contribution is 5.97. The molecule has 0 heterocycles. The topological polar surface area (TPSA) is 142 Å². The zero-order chi connectivity index (χ0) is 35.3. The van der Waals surface area contributed by atoms with Gasteiger partial charge in [0.05, 0.1) is 0 Å². The van der Waals surface area contributed by atoms with Crippen LogP contribution in [0.4, 0.5) is 0 Å². The van der Waals surface area contributed by atoms with E-state index in [4.69, 9.17) is 31.4 Å². The zero-order valence-electron chi connectivity index (χ0n) is 28.4. The van der Waals surface area contributed by atoms with Crippen molar-refractivity contribution in [3.63, 3.8) is 0 Å². The van der Waals surface area contributed by atoms with Crippen molar-refractivity contribution in [2.75, 3.05) is 14.1 Å². The first kappa shape index (κ1) is 35.5. The van der Waals surface area contributed by atoms with Gasteiger partial charge in [0.1, 0.15) is 24.7 Å². The first-order valence-corrected chi connectivity index (χ1v) is 16.3. The molecule has 50 heavy (non-hydrogen) atoms. The minimum atomic E-state index is 0.0676. The Morgan fingerprint density at radius 2 is 0.840 bits per heavy atom. The number of ether oxygens (including phenoxy) is 2. The van der Waals surface area contributed by atoms with Gasteiger partial charge in [0.25, 0.3) is 0 Å². The van der Waals surface area contributed by atoms with E-state index in [2.05, 4.69) is 107 Å². The van der Waals surface area contributed by atoms with Gasteiger partial charge in [-0.05, 0) is 96.0 Å². The fourth-order valence-electron chi connectivity index (χ4n) is 5.64. The third kappa shape index (κ3) is 10.6. The van der Waals surface area contributed by atoms with E-state index in [1.54, 1.807) is 24.3 Å². The third-order valence-corrected chi connectivity index (χ3v) is 8.14. The Kier molecular flexibility index (Phi) is 12.4. The quantitative estimate of drug-likeness (QED) is 0.0414. The number of amidine groups is 2. The highest BCUT2D eigenvalue weighted by Crippen LogP contribution is 2.18. The Bertz CT molecular complexity index is 1740. The molecule has 0 fully saturated rings. The lowest BCUT2D eigenvalue weighted by Gasteiger charge is -2.19. The lowest BCUT2D eigenvalue weighted by Crippen LogP contribution is -2.18. The molecule has 0 aromatic heterocycles. The van der Waals surface area contributed by atoms with E-state index in [9.17, 15) is 0 Å². The Balaban J connectivity index is 1.06. The summed E-state index contributed by atoms with van der Waals surface area (Å²) in [6.45, 7) is 4.22. The van der Waals surface area contributed by atoms with Crippen LogP contribution in [-0.2, 0) is 39.4 Å². The molecule has 10 nitrogen and oxygen atoms in total. The molecular weight excluding hydrogens is 628 g/mol. The van der Waals surface area contributed by atoms with E-state index in [1.807, 2.05) is 24.3 Å². The fourth-order valence-corrected chi connectivity index (χ4v) is 5.64. The predicted molar refractivity (Wildman–Crippen MR) is 196 cm³/mol. The molecular formula is C40H44N6O4. The van der Waals surface area contributed by atoms with Crippen LogP contribution in [0.1, 0.15) is 44.5 Å². The summed E-state index contributed by atoms with van der Waals surface area (Å²) in [5, 5.41) is 23.7. The molecule has 0 bridgehead atoms. The van der Waals surface area contributed by atoms with E-state index < -0.39 is 0 Å². The summed E-state index contributed by atoms with van der Waals surface area (Å²) in [6.07, 6.45) is 0. The molecule has 0 aliphatic heterocycles. The molecule has 0 spiro atoms. The van der Waals surface area contributed by atoms with Crippen molar-refractivity contribution in [1.29, 1.82) is 0 Å². The molecule has 0 saturated heterocycles. The lowest BCUT2D eigenvalue weighted by atomic mass is 10.1. The second kappa shape index (κ2) is 17.5. The van der Waals surface area contributed by atoms with Crippen molar-refractivity contribution in [2.24, 2.45) is 21.8 Å². The molecule has 5 aromatic carbocycles. The van der Waals surface area contributed by atoms with E-state index in [0.717, 1.165) is 48.8 Å². The molecule has 0 amide bonds. The van der Waals surface area contributed by atoms with Crippen molar-refractivity contribution < 1.29 is 19.9 Å². The van der Waals surface area contributed by atoms with Gasteiger partial charge in [0, 0.05) is 37.3 Å². The summed E-state index contributed by atoms with van der Waals surface area (Å²) in [7, 11) is 4.26. The zero-order valence-corrected chi connectivity index (χ0v) is 28.4. The fraction of sp³-hybridized carbons (Fsp3) is 0.200. The molecule has 10 heteroatoms. The molecule has 5 aromatic rings. The Hall–Kier alpha value is -5.84. The summed E-state index contributed by atoms with van der Waals surface area (Å²) in [5.74, 6) is 1.57. The van der Waals surface area contributed by atoms with Gasteiger partial charge in [-0.15, -0.1) is 0 Å². The lowest BCUT2D eigenvalue weighted by molar-refractivity contribution is 0.303. The number of hydrogen-bond donors (Lipinski definition) is 4. The van der Waals surface area contributed by atoms with Crippen molar-refractivity contribution in [3.05, 3.63) is 166 Å². The van der Waals surface area contributed by atoms with E-state index in [0.29, 0.717) is 24.3 Å². The summed E-state index contributed by atoms with van der Waals surface area (Å²) < 4.78 is 11.9. The maximum Gasteiger partial charge on any atom is 0.170 e.